The van der Waals surface area contributed by atoms with Crippen molar-refractivity contribution in [3.05, 3.63) is 76.9 Å². The third-order valence-electron chi connectivity index (χ3n) is 3.92. The standard InChI is InChI=1S/C21H15F3N2O3S/c1-12(29-19(27)9-7-13-4-2-3-5-15(13)22)20(28)26-21-25-18(11-30-21)14-6-8-16(23)17(24)10-14/h2-12H,1H3,(H,25,26,28)/b9-7+. The number of thiazole rings is 1. The first kappa shape index (κ1) is 21.3. The Bertz CT molecular complexity index is 1110. The lowest BCUT2D eigenvalue weighted by Crippen LogP contribution is -2.29. The summed E-state index contributed by atoms with van der Waals surface area (Å²) in [4.78, 5) is 28.2. The molecule has 0 radical (unpaired) electrons. The number of aromatic nitrogens is 1. The van der Waals surface area contributed by atoms with Gasteiger partial charge in [0.2, 0.25) is 0 Å². The maximum absolute atomic E-state index is 13.5. The zero-order chi connectivity index (χ0) is 21.7. The Labute approximate surface area is 173 Å². The molecule has 30 heavy (non-hydrogen) atoms. The fraction of sp³-hybridized carbons (Fsp3) is 0.0952. The smallest absolute Gasteiger partial charge is 0.331 e. The molecule has 1 N–H and O–H groups in total. The molecule has 3 rings (SSSR count). The maximum Gasteiger partial charge on any atom is 0.331 e. The van der Waals surface area contributed by atoms with Crippen LogP contribution in [-0.2, 0) is 14.3 Å². The number of hydrogen-bond acceptors (Lipinski definition) is 5. The summed E-state index contributed by atoms with van der Waals surface area (Å²) in [6.45, 7) is 1.37. The number of nitrogens with zero attached hydrogens (tertiary/aromatic N) is 1. The number of rotatable bonds is 6. The van der Waals surface area contributed by atoms with Gasteiger partial charge >= 0.3 is 5.97 Å². The molecule has 1 amide bonds. The molecule has 1 heterocycles. The maximum atomic E-state index is 13.5. The Hall–Kier alpha value is -3.46. The van der Waals surface area contributed by atoms with Gasteiger partial charge in [-0.25, -0.2) is 22.9 Å². The number of halogens is 3. The Morgan fingerprint density at radius 1 is 1.10 bits per heavy atom. The summed E-state index contributed by atoms with van der Waals surface area (Å²) >= 11 is 1.07. The van der Waals surface area contributed by atoms with Crippen molar-refractivity contribution in [2.75, 3.05) is 5.32 Å². The quantitative estimate of drug-likeness (QED) is 0.448. The van der Waals surface area contributed by atoms with Crippen LogP contribution in [0.1, 0.15) is 12.5 Å². The van der Waals surface area contributed by atoms with Crippen molar-refractivity contribution in [2.45, 2.75) is 13.0 Å². The molecule has 0 fully saturated rings. The Morgan fingerprint density at radius 2 is 1.87 bits per heavy atom. The van der Waals surface area contributed by atoms with Crippen molar-refractivity contribution in [3.63, 3.8) is 0 Å². The van der Waals surface area contributed by atoms with Crippen LogP contribution in [0.5, 0.6) is 0 Å². The average molecular weight is 432 g/mol. The topological polar surface area (TPSA) is 68.3 Å². The lowest BCUT2D eigenvalue weighted by Gasteiger charge is -2.10. The molecule has 5 nitrogen and oxygen atoms in total. The molecule has 1 aromatic heterocycles. The molecule has 0 saturated heterocycles. The molecule has 3 aromatic rings. The lowest BCUT2D eigenvalue weighted by atomic mass is 10.2. The van der Waals surface area contributed by atoms with E-state index in [4.69, 9.17) is 4.74 Å². The first-order valence-corrected chi connectivity index (χ1v) is 9.56. The fourth-order valence-electron chi connectivity index (χ4n) is 2.36. The number of carbonyl (C=O) groups is 2. The van der Waals surface area contributed by atoms with E-state index in [1.165, 1.54) is 37.3 Å². The molecule has 9 heteroatoms. The highest BCUT2D eigenvalue weighted by atomic mass is 32.1. The summed E-state index contributed by atoms with van der Waals surface area (Å²) in [5, 5.41) is 4.25. The molecule has 0 aliphatic carbocycles. The van der Waals surface area contributed by atoms with Crippen LogP contribution in [0, 0.1) is 17.5 Å². The van der Waals surface area contributed by atoms with Crippen molar-refractivity contribution >= 4 is 34.4 Å². The highest BCUT2D eigenvalue weighted by Gasteiger charge is 2.18. The number of hydrogen-bond donors (Lipinski definition) is 1. The largest absolute Gasteiger partial charge is 0.449 e. The molecule has 0 bridgehead atoms. The minimum atomic E-state index is -1.14. The van der Waals surface area contributed by atoms with Crippen LogP contribution in [0.4, 0.5) is 18.3 Å². The fourth-order valence-corrected chi connectivity index (χ4v) is 3.08. The molecule has 1 unspecified atom stereocenters. The first-order chi connectivity index (χ1) is 14.3. The Morgan fingerprint density at radius 3 is 2.60 bits per heavy atom. The van der Waals surface area contributed by atoms with Gasteiger partial charge in [0, 0.05) is 22.6 Å². The summed E-state index contributed by atoms with van der Waals surface area (Å²) in [6.07, 6.45) is 1.13. The second kappa shape index (κ2) is 9.36. The van der Waals surface area contributed by atoms with Crippen molar-refractivity contribution in [1.29, 1.82) is 0 Å². The van der Waals surface area contributed by atoms with Crippen molar-refractivity contribution in [1.82, 2.24) is 4.98 Å². The van der Waals surface area contributed by atoms with Gasteiger partial charge in [0.25, 0.3) is 5.91 Å². The van der Waals surface area contributed by atoms with Crippen molar-refractivity contribution < 1.29 is 27.5 Å². The number of benzene rings is 2. The van der Waals surface area contributed by atoms with Crippen LogP contribution < -0.4 is 5.32 Å². The van der Waals surface area contributed by atoms with Crippen LogP contribution >= 0.6 is 11.3 Å². The number of carbonyl (C=O) groups excluding carboxylic acids is 2. The molecular weight excluding hydrogens is 417 g/mol. The summed E-state index contributed by atoms with van der Waals surface area (Å²) in [6, 6.07) is 9.24. The lowest BCUT2D eigenvalue weighted by molar-refractivity contribution is -0.148. The monoisotopic (exact) mass is 432 g/mol. The second-order valence-corrected chi connectivity index (χ2v) is 6.95. The highest BCUT2D eigenvalue weighted by molar-refractivity contribution is 7.14. The third-order valence-corrected chi connectivity index (χ3v) is 4.67. The van der Waals surface area contributed by atoms with E-state index in [-0.39, 0.29) is 10.7 Å². The second-order valence-electron chi connectivity index (χ2n) is 6.09. The van der Waals surface area contributed by atoms with Gasteiger partial charge in [-0.2, -0.15) is 0 Å². The molecule has 0 aliphatic rings. The van der Waals surface area contributed by atoms with Crippen LogP contribution in [0.2, 0.25) is 0 Å². The third kappa shape index (κ3) is 5.32. The van der Waals surface area contributed by atoms with E-state index >= 15 is 0 Å². The number of ether oxygens (including phenoxy) is 1. The SMILES string of the molecule is CC(OC(=O)/C=C/c1ccccc1F)C(=O)Nc1nc(-c2ccc(F)c(F)c2)cs1. The van der Waals surface area contributed by atoms with E-state index in [1.807, 2.05) is 0 Å². The Balaban J connectivity index is 1.58. The molecule has 1 atom stereocenters. The highest BCUT2D eigenvalue weighted by Crippen LogP contribution is 2.26. The van der Waals surface area contributed by atoms with E-state index in [9.17, 15) is 22.8 Å². The van der Waals surface area contributed by atoms with Gasteiger partial charge in [-0.3, -0.25) is 10.1 Å². The van der Waals surface area contributed by atoms with Gasteiger partial charge < -0.3 is 4.74 Å². The zero-order valence-electron chi connectivity index (χ0n) is 15.6. The van der Waals surface area contributed by atoms with Crippen LogP contribution in [0.3, 0.4) is 0 Å². The van der Waals surface area contributed by atoms with E-state index < -0.39 is 35.4 Å². The molecule has 154 valence electrons. The first-order valence-electron chi connectivity index (χ1n) is 8.68. The van der Waals surface area contributed by atoms with E-state index in [1.54, 1.807) is 11.4 Å². The summed E-state index contributed by atoms with van der Waals surface area (Å²) in [7, 11) is 0. The van der Waals surface area contributed by atoms with Crippen LogP contribution in [0.15, 0.2) is 53.9 Å². The normalized spacial score (nSPS) is 12.0. The van der Waals surface area contributed by atoms with Gasteiger partial charge in [-0.1, -0.05) is 18.2 Å². The molecule has 0 aliphatic heterocycles. The summed E-state index contributed by atoms with van der Waals surface area (Å²) in [5.74, 6) is -3.92. The van der Waals surface area contributed by atoms with E-state index in [2.05, 4.69) is 10.3 Å². The average Bonchev–Trinajstić information content (AvgIpc) is 3.18. The number of amides is 1. The van der Waals surface area contributed by atoms with Crippen molar-refractivity contribution in [3.8, 4) is 11.3 Å². The summed E-state index contributed by atoms with van der Waals surface area (Å²) in [5.41, 5.74) is 0.911. The Kier molecular flexibility index (Phi) is 6.63. The summed E-state index contributed by atoms with van der Waals surface area (Å²) < 4.78 is 44.9. The van der Waals surface area contributed by atoms with Gasteiger partial charge in [0.05, 0.1) is 5.69 Å². The minimum Gasteiger partial charge on any atom is -0.449 e. The van der Waals surface area contributed by atoms with Gasteiger partial charge in [-0.15, -0.1) is 11.3 Å². The van der Waals surface area contributed by atoms with Gasteiger partial charge in [-0.05, 0) is 37.3 Å². The minimum absolute atomic E-state index is 0.199. The number of anilines is 1. The molecule has 0 saturated carbocycles. The predicted molar refractivity (Wildman–Crippen MR) is 107 cm³/mol. The number of esters is 1. The molecular formula is C21H15F3N2O3S. The molecule has 2 aromatic carbocycles. The van der Waals surface area contributed by atoms with Crippen LogP contribution in [0.25, 0.3) is 17.3 Å². The molecule has 0 spiro atoms. The van der Waals surface area contributed by atoms with Crippen molar-refractivity contribution in [2.24, 2.45) is 0 Å². The zero-order valence-corrected chi connectivity index (χ0v) is 16.4. The van der Waals surface area contributed by atoms with E-state index in [0.29, 0.717) is 11.3 Å². The predicted octanol–water partition coefficient (Wildman–Crippen LogP) is 4.81. The van der Waals surface area contributed by atoms with Gasteiger partial charge in [0.15, 0.2) is 22.9 Å². The van der Waals surface area contributed by atoms with Gasteiger partial charge in [0.1, 0.15) is 5.82 Å². The van der Waals surface area contributed by atoms with E-state index in [0.717, 1.165) is 29.5 Å². The van der Waals surface area contributed by atoms with Crippen LogP contribution in [-0.4, -0.2) is 23.0 Å². The number of nitrogens with one attached hydrogen (secondary N) is 1.